The van der Waals surface area contributed by atoms with Gasteiger partial charge in [-0.3, -0.25) is 4.98 Å². The van der Waals surface area contributed by atoms with Gasteiger partial charge in [-0.1, -0.05) is 26.8 Å². The third-order valence-corrected chi connectivity index (χ3v) is 4.20. The van der Waals surface area contributed by atoms with Gasteiger partial charge in [0.05, 0.1) is 5.69 Å². The molecule has 2 heterocycles. The highest BCUT2D eigenvalue weighted by Crippen LogP contribution is 2.29. The summed E-state index contributed by atoms with van der Waals surface area (Å²) >= 11 is 1.75. The Kier molecular flexibility index (Phi) is 4.66. The molecule has 0 spiro atoms. The summed E-state index contributed by atoms with van der Waals surface area (Å²) in [7, 11) is 0. The van der Waals surface area contributed by atoms with Crippen molar-refractivity contribution < 1.29 is 0 Å². The van der Waals surface area contributed by atoms with E-state index in [2.05, 4.69) is 49.0 Å². The zero-order valence-corrected chi connectivity index (χ0v) is 12.8. The zero-order valence-electron chi connectivity index (χ0n) is 12.0. The molecule has 2 aromatic rings. The van der Waals surface area contributed by atoms with Crippen molar-refractivity contribution in [3.63, 3.8) is 0 Å². The van der Waals surface area contributed by atoms with Crippen LogP contribution >= 0.6 is 11.3 Å². The molecular weight excluding hydrogens is 254 g/mol. The lowest BCUT2D eigenvalue weighted by Crippen LogP contribution is -2.21. The van der Waals surface area contributed by atoms with Gasteiger partial charge in [0.1, 0.15) is 10.7 Å². The van der Waals surface area contributed by atoms with Gasteiger partial charge in [0, 0.05) is 23.7 Å². The van der Waals surface area contributed by atoms with E-state index < -0.39 is 0 Å². The van der Waals surface area contributed by atoms with Gasteiger partial charge in [-0.2, -0.15) is 0 Å². The van der Waals surface area contributed by atoms with E-state index in [1.54, 1.807) is 11.3 Å². The molecule has 0 unspecified atom stereocenters. The predicted molar refractivity (Wildman–Crippen MR) is 81.4 cm³/mol. The second-order valence-corrected chi connectivity index (χ2v) is 6.01. The summed E-state index contributed by atoms with van der Waals surface area (Å²) < 4.78 is 0. The SMILES string of the molecule is CCc1cccnc1-c1nc(C)c(CNC(C)C)s1. The van der Waals surface area contributed by atoms with Crippen LogP contribution < -0.4 is 5.32 Å². The molecule has 0 aliphatic heterocycles. The van der Waals surface area contributed by atoms with E-state index in [1.807, 2.05) is 12.3 Å². The predicted octanol–water partition coefficient (Wildman–Crippen LogP) is 3.57. The van der Waals surface area contributed by atoms with Crippen LogP contribution in [0.15, 0.2) is 18.3 Å². The number of rotatable bonds is 5. The third kappa shape index (κ3) is 3.39. The fraction of sp³-hybridized carbons (Fsp3) is 0.467. The summed E-state index contributed by atoms with van der Waals surface area (Å²) in [4.78, 5) is 10.5. The van der Waals surface area contributed by atoms with Gasteiger partial charge in [-0.15, -0.1) is 11.3 Å². The van der Waals surface area contributed by atoms with Crippen LogP contribution in [0.3, 0.4) is 0 Å². The maximum absolute atomic E-state index is 4.68. The van der Waals surface area contributed by atoms with Crippen molar-refractivity contribution in [1.29, 1.82) is 0 Å². The summed E-state index contributed by atoms with van der Waals surface area (Å²) in [5, 5.41) is 4.48. The van der Waals surface area contributed by atoms with E-state index in [0.717, 1.165) is 29.4 Å². The van der Waals surface area contributed by atoms with Crippen LogP contribution in [0.1, 0.15) is 36.9 Å². The van der Waals surface area contributed by atoms with Gasteiger partial charge < -0.3 is 5.32 Å². The molecule has 0 radical (unpaired) electrons. The average Bonchev–Trinajstić information content (AvgIpc) is 2.77. The molecule has 4 heteroatoms. The normalized spacial score (nSPS) is 11.2. The Bertz CT molecular complexity index is 546. The lowest BCUT2D eigenvalue weighted by molar-refractivity contribution is 0.591. The van der Waals surface area contributed by atoms with Crippen LogP contribution in [0, 0.1) is 6.92 Å². The summed E-state index contributed by atoms with van der Waals surface area (Å²) in [6, 6.07) is 4.61. The van der Waals surface area contributed by atoms with Gasteiger partial charge in [-0.25, -0.2) is 4.98 Å². The van der Waals surface area contributed by atoms with Gasteiger partial charge in [0.15, 0.2) is 0 Å². The van der Waals surface area contributed by atoms with Gasteiger partial charge in [0.25, 0.3) is 0 Å². The number of aromatic nitrogens is 2. The largest absolute Gasteiger partial charge is 0.310 e. The number of aryl methyl sites for hydroxylation is 2. The van der Waals surface area contributed by atoms with Gasteiger partial charge in [0.2, 0.25) is 0 Å². The molecule has 0 fully saturated rings. The van der Waals surface area contributed by atoms with E-state index in [-0.39, 0.29) is 0 Å². The molecule has 0 amide bonds. The molecule has 0 saturated heterocycles. The Hall–Kier alpha value is -1.26. The summed E-state index contributed by atoms with van der Waals surface area (Å²) in [6.07, 6.45) is 2.83. The topological polar surface area (TPSA) is 37.8 Å². The second kappa shape index (κ2) is 6.26. The number of hydrogen-bond donors (Lipinski definition) is 1. The van der Waals surface area contributed by atoms with Crippen molar-refractivity contribution in [1.82, 2.24) is 15.3 Å². The van der Waals surface area contributed by atoms with E-state index in [4.69, 9.17) is 0 Å². The first-order valence-corrected chi connectivity index (χ1v) is 7.57. The zero-order chi connectivity index (χ0) is 13.8. The highest BCUT2D eigenvalue weighted by atomic mass is 32.1. The van der Waals surface area contributed by atoms with Crippen LogP contribution in [0.25, 0.3) is 10.7 Å². The maximum atomic E-state index is 4.68. The minimum absolute atomic E-state index is 0.492. The summed E-state index contributed by atoms with van der Waals surface area (Å²) in [5.41, 5.74) is 3.41. The summed E-state index contributed by atoms with van der Waals surface area (Å²) in [6.45, 7) is 9.43. The minimum Gasteiger partial charge on any atom is -0.310 e. The Labute approximate surface area is 119 Å². The van der Waals surface area contributed by atoms with Gasteiger partial charge >= 0.3 is 0 Å². The van der Waals surface area contributed by atoms with Crippen LogP contribution in [0.2, 0.25) is 0 Å². The molecule has 1 N–H and O–H groups in total. The first-order valence-electron chi connectivity index (χ1n) is 6.75. The van der Waals surface area contributed by atoms with Crippen molar-refractivity contribution in [2.75, 3.05) is 0 Å². The minimum atomic E-state index is 0.492. The monoisotopic (exact) mass is 275 g/mol. The first kappa shape index (κ1) is 14.2. The van der Waals surface area contributed by atoms with Crippen molar-refractivity contribution in [2.24, 2.45) is 0 Å². The lowest BCUT2D eigenvalue weighted by Gasteiger charge is -2.06. The van der Waals surface area contributed by atoms with Crippen LogP contribution in [-0.4, -0.2) is 16.0 Å². The number of nitrogens with zero attached hydrogens (tertiary/aromatic N) is 2. The van der Waals surface area contributed by atoms with Crippen molar-refractivity contribution in [2.45, 2.75) is 46.7 Å². The van der Waals surface area contributed by atoms with E-state index in [0.29, 0.717) is 6.04 Å². The number of nitrogens with one attached hydrogen (secondary N) is 1. The molecule has 0 aliphatic rings. The molecule has 0 saturated carbocycles. The molecule has 2 rings (SSSR count). The second-order valence-electron chi connectivity index (χ2n) is 4.93. The smallest absolute Gasteiger partial charge is 0.142 e. The molecular formula is C15H21N3S. The molecule has 0 atom stereocenters. The quantitative estimate of drug-likeness (QED) is 0.906. The third-order valence-electron chi connectivity index (χ3n) is 3.04. The van der Waals surface area contributed by atoms with Crippen molar-refractivity contribution in [3.8, 4) is 10.7 Å². The molecule has 2 aromatic heterocycles. The molecule has 102 valence electrons. The molecule has 0 bridgehead atoms. The van der Waals surface area contributed by atoms with Crippen LogP contribution in [0.5, 0.6) is 0 Å². The maximum Gasteiger partial charge on any atom is 0.142 e. The highest BCUT2D eigenvalue weighted by Gasteiger charge is 2.13. The Morgan fingerprint density at radius 1 is 1.37 bits per heavy atom. The van der Waals surface area contributed by atoms with E-state index in [1.165, 1.54) is 10.4 Å². The Morgan fingerprint density at radius 3 is 2.84 bits per heavy atom. The number of pyridine rings is 1. The lowest BCUT2D eigenvalue weighted by atomic mass is 10.1. The number of hydrogen-bond acceptors (Lipinski definition) is 4. The molecule has 0 aliphatic carbocycles. The van der Waals surface area contributed by atoms with E-state index in [9.17, 15) is 0 Å². The molecule has 19 heavy (non-hydrogen) atoms. The fourth-order valence-corrected chi connectivity index (χ4v) is 2.95. The first-order chi connectivity index (χ1) is 9.11. The van der Waals surface area contributed by atoms with Crippen LogP contribution in [0.4, 0.5) is 0 Å². The average molecular weight is 275 g/mol. The standard InChI is InChI=1S/C15H21N3S/c1-5-12-7-6-8-16-14(12)15-18-11(4)13(19-15)9-17-10(2)3/h6-8,10,17H,5,9H2,1-4H3. The van der Waals surface area contributed by atoms with Gasteiger partial charge in [-0.05, 0) is 25.0 Å². The molecule has 3 nitrogen and oxygen atoms in total. The molecule has 0 aromatic carbocycles. The van der Waals surface area contributed by atoms with E-state index >= 15 is 0 Å². The van der Waals surface area contributed by atoms with Crippen LogP contribution in [-0.2, 0) is 13.0 Å². The van der Waals surface area contributed by atoms with Crippen molar-refractivity contribution >= 4 is 11.3 Å². The highest BCUT2D eigenvalue weighted by molar-refractivity contribution is 7.15. The van der Waals surface area contributed by atoms with Crippen molar-refractivity contribution in [3.05, 3.63) is 34.5 Å². The number of thiazole rings is 1. The Morgan fingerprint density at radius 2 is 2.16 bits per heavy atom. The Balaban J connectivity index is 2.28. The summed E-state index contributed by atoms with van der Waals surface area (Å²) in [5.74, 6) is 0. The fourth-order valence-electron chi connectivity index (χ4n) is 1.91.